The van der Waals surface area contributed by atoms with E-state index < -0.39 is 22.8 Å². The number of benzene rings is 1. The van der Waals surface area contributed by atoms with E-state index in [0.717, 1.165) is 6.42 Å². The topological polar surface area (TPSA) is 68.4 Å². The minimum absolute atomic E-state index is 0.0537. The largest absolute Gasteiger partial charge is 0.386 e. The first-order valence-electron chi connectivity index (χ1n) is 8.31. The highest BCUT2D eigenvalue weighted by Crippen LogP contribution is 2.38. The zero-order valence-electron chi connectivity index (χ0n) is 14.4. The zero-order valence-corrected chi connectivity index (χ0v) is 14.4. The Morgan fingerprint density at radius 3 is 2.48 bits per heavy atom. The Hall–Kier alpha value is -1.89. The highest BCUT2D eigenvalue weighted by molar-refractivity contribution is 5.62. The first-order chi connectivity index (χ1) is 11.8. The van der Waals surface area contributed by atoms with Crippen molar-refractivity contribution in [3.63, 3.8) is 0 Å². The van der Waals surface area contributed by atoms with Crippen LogP contribution in [0.25, 0.3) is 11.3 Å². The first-order valence-corrected chi connectivity index (χ1v) is 8.31. The lowest BCUT2D eigenvalue weighted by molar-refractivity contribution is 0.00377. The molecule has 1 saturated heterocycles. The summed E-state index contributed by atoms with van der Waals surface area (Å²) < 4.78 is 34.1. The van der Waals surface area contributed by atoms with Gasteiger partial charge in [0.15, 0.2) is 5.82 Å². The molecule has 134 valence electrons. The number of ether oxygens (including phenoxy) is 1. The maximum atomic E-state index is 15.1. The number of nitrogens with two attached hydrogens (primary N) is 1. The number of aromatic nitrogens is 1. The molecule has 0 spiro atoms. The Bertz CT molecular complexity index is 764. The van der Waals surface area contributed by atoms with E-state index >= 15 is 4.39 Å². The number of hydrogen-bond donors (Lipinski definition) is 2. The lowest BCUT2D eigenvalue weighted by Crippen LogP contribution is -2.36. The Labute approximate surface area is 145 Å². The van der Waals surface area contributed by atoms with Gasteiger partial charge in [0.05, 0.1) is 11.3 Å². The van der Waals surface area contributed by atoms with Crippen molar-refractivity contribution in [1.29, 1.82) is 0 Å². The molecule has 1 atom stereocenters. The monoisotopic (exact) mass is 348 g/mol. The van der Waals surface area contributed by atoms with Gasteiger partial charge in [-0.15, -0.1) is 0 Å². The molecule has 0 amide bonds. The zero-order chi connectivity index (χ0) is 18.2. The molecule has 4 nitrogen and oxygen atoms in total. The molecule has 1 fully saturated rings. The Balaban J connectivity index is 2.23. The first kappa shape index (κ1) is 17.9. The van der Waals surface area contributed by atoms with Crippen LogP contribution in [-0.4, -0.2) is 23.2 Å². The van der Waals surface area contributed by atoms with E-state index in [4.69, 9.17) is 10.5 Å². The third-order valence-electron chi connectivity index (χ3n) is 4.63. The number of nitrogens with zero attached hydrogens (tertiary/aromatic N) is 1. The third kappa shape index (κ3) is 3.29. The van der Waals surface area contributed by atoms with Gasteiger partial charge in [-0.05, 0) is 57.0 Å². The fraction of sp³-hybridized carbons (Fsp3) is 0.421. The van der Waals surface area contributed by atoms with E-state index in [0.29, 0.717) is 24.3 Å². The van der Waals surface area contributed by atoms with Gasteiger partial charge in [-0.1, -0.05) is 0 Å². The van der Waals surface area contributed by atoms with Crippen LogP contribution >= 0.6 is 0 Å². The predicted octanol–water partition coefficient (Wildman–Crippen LogP) is 3.22. The van der Waals surface area contributed by atoms with Crippen LogP contribution in [0.1, 0.15) is 37.9 Å². The summed E-state index contributed by atoms with van der Waals surface area (Å²) in [6, 6.07) is 6.95. The summed E-state index contributed by atoms with van der Waals surface area (Å²) in [5.41, 5.74) is 4.82. The molecule has 2 heterocycles. The van der Waals surface area contributed by atoms with Crippen molar-refractivity contribution in [3.05, 3.63) is 53.2 Å². The molecule has 1 aromatic carbocycles. The van der Waals surface area contributed by atoms with Crippen molar-refractivity contribution < 1.29 is 18.6 Å². The molecule has 0 radical (unpaired) electrons. The molecule has 1 aromatic heterocycles. The van der Waals surface area contributed by atoms with Crippen LogP contribution in [0.4, 0.5) is 8.78 Å². The Morgan fingerprint density at radius 2 is 1.96 bits per heavy atom. The molecular weight excluding hydrogens is 326 g/mol. The lowest BCUT2D eigenvalue weighted by atomic mass is 9.89. The molecule has 0 saturated carbocycles. The predicted molar refractivity (Wildman–Crippen MR) is 90.8 cm³/mol. The van der Waals surface area contributed by atoms with Gasteiger partial charge in [-0.25, -0.2) is 13.8 Å². The summed E-state index contributed by atoms with van der Waals surface area (Å²) in [5, 5.41) is 10.4. The molecule has 1 aliphatic rings. The van der Waals surface area contributed by atoms with Crippen LogP contribution < -0.4 is 5.73 Å². The number of pyridine rings is 1. The van der Waals surface area contributed by atoms with Crippen LogP contribution in [0.3, 0.4) is 0 Å². The average molecular weight is 348 g/mol. The van der Waals surface area contributed by atoms with Crippen LogP contribution in [0.2, 0.25) is 0 Å². The molecule has 3 N–H and O–H groups in total. The lowest BCUT2D eigenvalue weighted by Gasteiger charge is -2.29. The van der Waals surface area contributed by atoms with Crippen LogP contribution in [-0.2, 0) is 15.9 Å². The van der Waals surface area contributed by atoms with E-state index in [1.807, 2.05) is 0 Å². The van der Waals surface area contributed by atoms with Gasteiger partial charge in [-0.3, -0.25) is 0 Å². The minimum Gasteiger partial charge on any atom is -0.386 e. The molecule has 1 aliphatic heterocycles. The van der Waals surface area contributed by atoms with Crippen molar-refractivity contribution in [2.24, 2.45) is 5.73 Å². The van der Waals surface area contributed by atoms with Gasteiger partial charge >= 0.3 is 0 Å². The van der Waals surface area contributed by atoms with E-state index in [2.05, 4.69) is 4.98 Å². The summed E-state index contributed by atoms with van der Waals surface area (Å²) in [6.07, 6.45) is 1.51. The molecule has 0 unspecified atom stereocenters. The van der Waals surface area contributed by atoms with E-state index in [1.165, 1.54) is 44.2 Å². The van der Waals surface area contributed by atoms with E-state index in [-0.39, 0.29) is 17.8 Å². The maximum Gasteiger partial charge on any atom is 0.155 e. The Morgan fingerprint density at radius 1 is 1.28 bits per heavy atom. The van der Waals surface area contributed by atoms with Gasteiger partial charge in [0.1, 0.15) is 17.1 Å². The second-order valence-electron chi connectivity index (χ2n) is 6.93. The smallest absolute Gasteiger partial charge is 0.155 e. The normalized spacial score (nSPS) is 20.9. The highest BCUT2D eigenvalue weighted by atomic mass is 19.1. The van der Waals surface area contributed by atoms with Crippen molar-refractivity contribution in [3.8, 4) is 11.3 Å². The van der Waals surface area contributed by atoms with Gasteiger partial charge in [0, 0.05) is 24.3 Å². The van der Waals surface area contributed by atoms with Crippen molar-refractivity contribution >= 4 is 0 Å². The number of halogens is 2. The van der Waals surface area contributed by atoms with Crippen LogP contribution in [0.5, 0.6) is 0 Å². The standard InChI is InChI=1S/C19H22F2N2O2/c1-18(2,24)14-10-15(19(11-22)8-3-9-25-19)23-17(16(14)21)12-4-6-13(20)7-5-12/h4-7,10,24H,3,8-9,11,22H2,1-2H3/t19-/m1/s1. The maximum absolute atomic E-state index is 15.1. The molecule has 3 rings (SSSR count). The van der Waals surface area contributed by atoms with E-state index in [9.17, 15) is 9.50 Å². The second kappa shape index (κ2) is 6.44. The quantitative estimate of drug-likeness (QED) is 0.890. The van der Waals surface area contributed by atoms with Crippen molar-refractivity contribution in [2.75, 3.05) is 13.2 Å². The van der Waals surface area contributed by atoms with Crippen LogP contribution in [0, 0.1) is 11.6 Å². The van der Waals surface area contributed by atoms with E-state index in [1.54, 1.807) is 0 Å². The molecule has 0 aliphatic carbocycles. The molecule has 6 heteroatoms. The molecule has 0 bridgehead atoms. The summed E-state index contributed by atoms with van der Waals surface area (Å²) in [4.78, 5) is 4.46. The third-order valence-corrected chi connectivity index (χ3v) is 4.63. The summed E-state index contributed by atoms with van der Waals surface area (Å²) in [6.45, 7) is 3.78. The Kier molecular flexibility index (Phi) is 4.62. The fourth-order valence-corrected chi connectivity index (χ4v) is 3.17. The molecule has 2 aromatic rings. The SMILES string of the molecule is CC(C)(O)c1cc([C@]2(CN)CCCO2)nc(-c2ccc(F)cc2)c1F. The van der Waals surface area contributed by atoms with Gasteiger partial charge in [-0.2, -0.15) is 0 Å². The number of rotatable bonds is 4. The molecular formula is C19H22F2N2O2. The average Bonchev–Trinajstić information content (AvgIpc) is 3.05. The van der Waals surface area contributed by atoms with Gasteiger partial charge < -0.3 is 15.6 Å². The van der Waals surface area contributed by atoms with Crippen LogP contribution in [0.15, 0.2) is 30.3 Å². The fourth-order valence-electron chi connectivity index (χ4n) is 3.17. The summed E-state index contributed by atoms with van der Waals surface area (Å²) in [5.74, 6) is -1.05. The van der Waals surface area contributed by atoms with Gasteiger partial charge in [0.25, 0.3) is 0 Å². The molecule has 25 heavy (non-hydrogen) atoms. The summed E-state index contributed by atoms with van der Waals surface area (Å²) >= 11 is 0. The van der Waals surface area contributed by atoms with Crippen molar-refractivity contribution in [2.45, 2.75) is 37.9 Å². The number of hydrogen-bond acceptors (Lipinski definition) is 4. The number of aliphatic hydroxyl groups is 1. The highest BCUT2D eigenvalue weighted by Gasteiger charge is 2.39. The minimum atomic E-state index is -1.41. The van der Waals surface area contributed by atoms with Gasteiger partial charge in [0.2, 0.25) is 0 Å². The van der Waals surface area contributed by atoms with Crippen molar-refractivity contribution in [1.82, 2.24) is 4.98 Å². The second-order valence-corrected chi connectivity index (χ2v) is 6.93. The summed E-state index contributed by atoms with van der Waals surface area (Å²) in [7, 11) is 0.